The molecule has 0 bridgehead atoms. The molecule has 0 aliphatic rings. The summed E-state index contributed by atoms with van der Waals surface area (Å²) in [6, 6.07) is 9.90. The Balaban J connectivity index is 2.04. The van der Waals surface area contributed by atoms with Crippen LogP contribution in [-0.2, 0) is 12.4 Å². The van der Waals surface area contributed by atoms with E-state index in [1.807, 2.05) is 37.3 Å². The molecule has 0 saturated heterocycles. The van der Waals surface area contributed by atoms with E-state index in [1.54, 1.807) is 11.3 Å². The number of halogens is 2. The fraction of sp³-hybridized carbons (Fsp3) is 0.286. The maximum Gasteiger partial charge on any atom is 0.123 e. The molecular formula is C14H15Cl2NOS. The summed E-state index contributed by atoms with van der Waals surface area (Å²) < 4.78 is 6.33. The van der Waals surface area contributed by atoms with Crippen molar-refractivity contribution in [2.45, 2.75) is 19.3 Å². The highest BCUT2D eigenvalue weighted by atomic mass is 35.5. The molecule has 1 aromatic carbocycles. The van der Waals surface area contributed by atoms with Crippen LogP contribution < -0.4 is 10.1 Å². The molecule has 0 radical (unpaired) electrons. The number of anilines is 1. The summed E-state index contributed by atoms with van der Waals surface area (Å²) in [5, 5.41) is 3.36. The summed E-state index contributed by atoms with van der Waals surface area (Å²) in [6.07, 6.45) is 0. The lowest BCUT2D eigenvalue weighted by molar-refractivity contribution is 0.337. The van der Waals surface area contributed by atoms with Crippen LogP contribution in [0.1, 0.15) is 17.4 Å². The van der Waals surface area contributed by atoms with Gasteiger partial charge in [0.2, 0.25) is 0 Å². The molecule has 2 aromatic rings. The summed E-state index contributed by atoms with van der Waals surface area (Å²) in [5.41, 5.74) is 2.03. The molecule has 1 heterocycles. The molecule has 0 saturated carbocycles. The molecule has 0 aliphatic heterocycles. The zero-order valence-electron chi connectivity index (χ0n) is 10.6. The monoisotopic (exact) mass is 315 g/mol. The van der Waals surface area contributed by atoms with E-state index in [0.29, 0.717) is 12.5 Å². The Labute approximate surface area is 127 Å². The number of ether oxygens (including phenoxy) is 1. The van der Waals surface area contributed by atoms with Gasteiger partial charge in [0.1, 0.15) is 5.75 Å². The molecule has 5 heteroatoms. The molecule has 0 amide bonds. The zero-order chi connectivity index (χ0) is 13.7. The molecule has 19 heavy (non-hydrogen) atoms. The first-order chi connectivity index (χ1) is 9.22. The van der Waals surface area contributed by atoms with Gasteiger partial charge in [0.25, 0.3) is 0 Å². The zero-order valence-corrected chi connectivity index (χ0v) is 12.9. The van der Waals surface area contributed by atoms with Crippen molar-refractivity contribution in [1.29, 1.82) is 0 Å². The number of benzene rings is 1. The molecule has 0 aliphatic carbocycles. The van der Waals surface area contributed by atoms with Crippen LogP contribution >= 0.6 is 34.5 Å². The van der Waals surface area contributed by atoms with Gasteiger partial charge in [-0.25, -0.2) is 0 Å². The molecule has 102 valence electrons. The van der Waals surface area contributed by atoms with Crippen LogP contribution in [0.25, 0.3) is 0 Å². The molecule has 0 unspecified atom stereocenters. The largest absolute Gasteiger partial charge is 0.494 e. The van der Waals surface area contributed by atoms with Gasteiger partial charge in [0, 0.05) is 22.7 Å². The average Bonchev–Trinajstić information content (AvgIpc) is 2.83. The summed E-state index contributed by atoms with van der Waals surface area (Å²) in [6.45, 7) is 3.36. The van der Waals surface area contributed by atoms with Gasteiger partial charge in [0.15, 0.2) is 0 Å². The van der Waals surface area contributed by atoms with E-state index in [9.17, 15) is 0 Å². The van der Waals surface area contributed by atoms with Crippen LogP contribution in [0.5, 0.6) is 5.75 Å². The third-order valence-corrected chi connectivity index (χ3v) is 4.12. The second-order valence-electron chi connectivity index (χ2n) is 3.95. The van der Waals surface area contributed by atoms with Crippen molar-refractivity contribution >= 4 is 40.2 Å². The van der Waals surface area contributed by atoms with Gasteiger partial charge in [-0.3, -0.25) is 0 Å². The number of hydrogen-bond acceptors (Lipinski definition) is 3. The van der Waals surface area contributed by atoms with Crippen molar-refractivity contribution in [3.05, 3.63) is 45.1 Å². The van der Waals surface area contributed by atoms with Crippen LogP contribution in [0.3, 0.4) is 0 Å². The Kier molecular flexibility index (Phi) is 5.37. The SMILES string of the molecule is CCOc1ccc(NCc2ccc(Cl)s2)cc1CCl. The van der Waals surface area contributed by atoms with Gasteiger partial charge in [-0.2, -0.15) is 0 Å². The van der Waals surface area contributed by atoms with Gasteiger partial charge in [-0.15, -0.1) is 22.9 Å². The van der Waals surface area contributed by atoms with Crippen LogP contribution in [0.4, 0.5) is 5.69 Å². The molecule has 0 spiro atoms. The third-order valence-electron chi connectivity index (χ3n) is 2.60. The van der Waals surface area contributed by atoms with E-state index >= 15 is 0 Å². The van der Waals surface area contributed by atoms with Crippen LogP contribution in [0, 0.1) is 0 Å². The topological polar surface area (TPSA) is 21.3 Å². The molecule has 2 rings (SSSR count). The van der Waals surface area contributed by atoms with Gasteiger partial charge in [0.05, 0.1) is 16.8 Å². The molecular weight excluding hydrogens is 301 g/mol. The van der Waals surface area contributed by atoms with Crippen LogP contribution in [0.15, 0.2) is 30.3 Å². The first-order valence-corrected chi connectivity index (χ1v) is 7.75. The average molecular weight is 316 g/mol. The summed E-state index contributed by atoms with van der Waals surface area (Å²) in [7, 11) is 0. The quantitative estimate of drug-likeness (QED) is 0.744. The number of nitrogens with one attached hydrogen (secondary N) is 1. The molecule has 0 atom stereocenters. The standard InChI is InChI=1S/C14H15Cl2NOS/c1-2-18-13-5-3-11(7-10(13)8-15)17-9-12-4-6-14(16)19-12/h3-7,17H,2,8-9H2,1H3. The van der Waals surface area contributed by atoms with E-state index in [0.717, 1.165) is 27.9 Å². The van der Waals surface area contributed by atoms with Crippen molar-refractivity contribution in [3.8, 4) is 5.75 Å². The Morgan fingerprint density at radius 3 is 2.74 bits per heavy atom. The molecule has 2 nitrogen and oxygen atoms in total. The Morgan fingerprint density at radius 2 is 2.11 bits per heavy atom. The summed E-state index contributed by atoms with van der Waals surface area (Å²) in [4.78, 5) is 1.20. The second kappa shape index (κ2) is 7.04. The normalized spacial score (nSPS) is 10.5. The number of rotatable bonds is 6. The predicted octanol–water partition coefficient (Wildman–Crippen LogP) is 5.15. The van der Waals surface area contributed by atoms with E-state index in [1.165, 1.54) is 4.88 Å². The maximum atomic E-state index is 5.94. The number of thiophene rings is 1. The molecule has 1 aromatic heterocycles. The van der Waals surface area contributed by atoms with Gasteiger partial charge in [-0.1, -0.05) is 11.6 Å². The van der Waals surface area contributed by atoms with Crippen molar-refractivity contribution < 1.29 is 4.74 Å². The minimum atomic E-state index is 0.440. The van der Waals surface area contributed by atoms with Gasteiger partial charge >= 0.3 is 0 Å². The van der Waals surface area contributed by atoms with E-state index in [2.05, 4.69) is 5.32 Å². The minimum Gasteiger partial charge on any atom is -0.494 e. The minimum absolute atomic E-state index is 0.440. The maximum absolute atomic E-state index is 5.94. The van der Waals surface area contributed by atoms with Gasteiger partial charge in [-0.05, 0) is 37.3 Å². The third kappa shape index (κ3) is 4.03. The van der Waals surface area contributed by atoms with E-state index in [-0.39, 0.29) is 0 Å². The lowest BCUT2D eigenvalue weighted by Crippen LogP contribution is -2.00. The number of alkyl halides is 1. The van der Waals surface area contributed by atoms with Crippen LogP contribution in [0.2, 0.25) is 4.34 Å². The summed E-state index contributed by atoms with van der Waals surface area (Å²) >= 11 is 13.4. The second-order valence-corrected chi connectivity index (χ2v) is 6.02. The fourth-order valence-corrected chi connectivity index (χ4v) is 2.96. The lowest BCUT2D eigenvalue weighted by atomic mass is 10.2. The van der Waals surface area contributed by atoms with E-state index < -0.39 is 0 Å². The first kappa shape index (κ1) is 14.5. The highest BCUT2D eigenvalue weighted by Crippen LogP contribution is 2.26. The number of hydrogen-bond donors (Lipinski definition) is 1. The molecule has 1 N–H and O–H groups in total. The smallest absolute Gasteiger partial charge is 0.123 e. The lowest BCUT2D eigenvalue weighted by Gasteiger charge is -2.11. The Bertz CT molecular complexity index is 542. The van der Waals surface area contributed by atoms with Crippen molar-refractivity contribution in [3.63, 3.8) is 0 Å². The van der Waals surface area contributed by atoms with Crippen molar-refractivity contribution in [2.24, 2.45) is 0 Å². The van der Waals surface area contributed by atoms with E-state index in [4.69, 9.17) is 27.9 Å². The first-order valence-electron chi connectivity index (χ1n) is 6.02. The fourth-order valence-electron chi connectivity index (χ4n) is 1.73. The van der Waals surface area contributed by atoms with Crippen LogP contribution in [-0.4, -0.2) is 6.61 Å². The Hall–Kier alpha value is -0.900. The molecule has 0 fully saturated rings. The van der Waals surface area contributed by atoms with Crippen molar-refractivity contribution in [2.75, 3.05) is 11.9 Å². The van der Waals surface area contributed by atoms with Crippen molar-refractivity contribution in [1.82, 2.24) is 0 Å². The van der Waals surface area contributed by atoms with Gasteiger partial charge < -0.3 is 10.1 Å². The highest BCUT2D eigenvalue weighted by molar-refractivity contribution is 7.16. The Morgan fingerprint density at radius 1 is 1.26 bits per heavy atom. The summed E-state index contributed by atoms with van der Waals surface area (Å²) in [5.74, 6) is 1.29. The highest BCUT2D eigenvalue weighted by Gasteiger charge is 2.04. The predicted molar refractivity (Wildman–Crippen MR) is 83.8 cm³/mol.